The van der Waals surface area contributed by atoms with Gasteiger partial charge in [-0.3, -0.25) is 0 Å². The van der Waals surface area contributed by atoms with Crippen LogP contribution in [0.5, 0.6) is 5.75 Å². The topological polar surface area (TPSA) is 29.5 Å². The summed E-state index contributed by atoms with van der Waals surface area (Å²) in [5.41, 5.74) is 1.60. The van der Waals surface area contributed by atoms with Gasteiger partial charge in [0.2, 0.25) is 0 Å². The lowest BCUT2D eigenvalue weighted by Crippen LogP contribution is -2.02. The fourth-order valence-corrected chi connectivity index (χ4v) is 2.80. The van der Waals surface area contributed by atoms with Gasteiger partial charge in [0.1, 0.15) is 12.4 Å². The van der Waals surface area contributed by atoms with Crippen molar-refractivity contribution in [3.05, 3.63) is 63.6 Å². The zero-order chi connectivity index (χ0) is 15.2. The summed E-state index contributed by atoms with van der Waals surface area (Å²) in [5, 5.41) is 11.0. The van der Waals surface area contributed by atoms with E-state index in [0.717, 1.165) is 12.0 Å². The Balaban J connectivity index is 2.19. The Bertz CT molecular complexity index is 585. The van der Waals surface area contributed by atoms with Crippen molar-refractivity contribution in [3.63, 3.8) is 0 Å². The molecule has 2 aromatic carbocycles. The summed E-state index contributed by atoms with van der Waals surface area (Å²) in [6.45, 7) is 2.42. The van der Waals surface area contributed by atoms with Gasteiger partial charge in [0.05, 0.1) is 11.1 Å². The fraction of sp³-hybridized carbons (Fsp3) is 0.294. The van der Waals surface area contributed by atoms with Crippen molar-refractivity contribution in [1.82, 2.24) is 0 Å². The van der Waals surface area contributed by atoms with Crippen molar-refractivity contribution >= 4 is 23.2 Å². The van der Waals surface area contributed by atoms with Crippen LogP contribution >= 0.6 is 23.2 Å². The molecule has 2 nitrogen and oxygen atoms in total. The SMILES string of the molecule is CCCC(O)c1c(Cl)ccc(OCc2ccccc2)c1Cl. The third kappa shape index (κ3) is 4.13. The number of aliphatic hydroxyl groups excluding tert-OH is 1. The molecule has 1 N–H and O–H groups in total. The molecule has 0 amide bonds. The lowest BCUT2D eigenvalue weighted by molar-refractivity contribution is 0.166. The summed E-state index contributed by atoms with van der Waals surface area (Å²) in [4.78, 5) is 0. The van der Waals surface area contributed by atoms with Crippen molar-refractivity contribution < 1.29 is 9.84 Å². The first-order valence-electron chi connectivity index (χ1n) is 6.96. The number of rotatable bonds is 6. The van der Waals surface area contributed by atoms with Crippen LogP contribution in [0.3, 0.4) is 0 Å². The van der Waals surface area contributed by atoms with Crippen molar-refractivity contribution in [2.45, 2.75) is 32.5 Å². The summed E-state index contributed by atoms with van der Waals surface area (Å²) in [5.74, 6) is 0.537. The third-order valence-corrected chi connectivity index (χ3v) is 3.94. The highest BCUT2D eigenvalue weighted by atomic mass is 35.5. The normalized spacial score (nSPS) is 12.2. The molecule has 2 rings (SSSR count). The van der Waals surface area contributed by atoms with Crippen molar-refractivity contribution in [3.8, 4) is 5.75 Å². The molecule has 0 fully saturated rings. The van der Waals surface area contributed by atoms with Crippen molar-refractivity contribution in [2.75, 3.05) is 0 Å². The van der Waals surface area contributed by atoms with E-state index in [9.17, 15) is 5.11 Å². The molecule has 0 spiro atoms. The molecule has 0 aliphatic carbocycles. The van der Waals surface area contributed by atoms with Gasteiger partial charge in [0, 0.05) is 10.6 Å². The van der Waals surface area contributed by atoms with E-state index in [1.165, 1.54) is 0 Å². The Morgan fingerprint density at radius 1 is 1.10 bits per heavy atom. The third-order valence-electron chi connectivity index (χ3n) is 3.22. The molecule has 0 aliphatic rings. The number of ether oxygens (including phenoxy) is 1. The smallest absolute Gasteiger partial charge is 0.138 e. The Kier molecular flexibility index (Phi) is 5.92. The summed E-state index contributed by atoms with van der Waals surface area (Å²) in [6, 6.07) is 13.3. The van der Waals surface area contributed by atoms with Crippen molar-refractivity contribution in [1.29, 1.82) is 0 Å². The molecule has 0 aliphatic heterocycles. The minimum atomic E-state index is -0.671. The minimum Gasteiger partial charge on any atom is -0.487 e. The van der Waals surface area contributed by atoms with Gasteiger partial charge < -0.3 is 9.84 Å². The van der Waals surface area contributed by atoms with Gasteiger partial charge in [-0.05, 0) is 24.1 Å². The van der Waals surface area contributed by atoms with Crippen LogP contribution in [0.25, 0.3) is 0 Å². The largest absolute Gasteiger partial charge is 0.487 e. The maximum absolute atomic E-state index is 10.2. The highest BCUT2D eigenvalue weighted by Crippen LogP contribution is 2.38. The standard InChI is InChI=1S/C17H18Cl2O2/c1-2-6-14(20)16-13(18)9-10-15(17(16)19)21-11-12-7-4-3-5-8-12/h3-5,7-10,14,20H,2,6,11H2,1H3. The quantitative estimate of drug-likeness (QED) is 0.770. The van der Waals surface area contributed by atoms with Crippen LogP contribution in [0.4, 0.5) is 0 Å². The second-order valence-electron chi connectivity index (χ2n) is 4.85. The number of aliphatic hydroxyl groups is 1. The molecule has 0 saturated heterocycles. The second-order valence-corrected chi connectivity index (χ2v) is 5.64. The molecular formula is C17H18Cl2O2. The molecule has 0 bridgehead atoms. The lowest BCUT2D eigenvalue weighted by Gasteiger charge is -2.17. The van der Waals surface area contributed by atoms with Crippen LogP contribution in [0.15, 0.2) is 42.5 Å². The van der Waals surface area contributed by atoms with Gasteiger partial charge >= 0.3 is 0 Å². The molecule has 1 unspecified atom stereocenters. The first-order chi connectivity index (χ1) is 10.1. The average Bonchev–Trinajstić information content (AvgIpc) is 2.48. The maximum Gasteiger partial charge on any atom is 0.138 e. The molecule has 112 valence electrons. The van der Waals surface area contributed by atoms with E-state index in [4.69, 9.17) is 27.9 Å². The predicted molar refractivity (Wildman–Crippen MR) is 87.1 cm³/mol. The van der Waals surface area contributed by atoms with Gasteiger partial charge in [-0.2, -0.15) is 0 Å². The number of halogens is 2. The highest BCUT2D eigenvalue weighted by molar-refractivity contribution is 6.37. The molecule has 0 aromatic heterocycles. The molecular weight excluding hydrogens is 307 g/mol. The Labute approximate surface area is 135 Å². The zero-order valence-corrected chi connectivity index (χ0v) is 13.4. The average molecular weight is 325 g/mol. The van der Waals surface area contributed by atoms with E-state index in [1.54, 1.807) is 12.1 Å². The predicted octanol–water partition coefficient (Wildman–Crippen LogP) is 5.41. The number of hydrogen-bond acceptors (Lipinski definition) is 2. The number of benzene rings is 2. The minimum absolute atomic E-state index is 0.388. The van der Waals surface area contributed by atoms with Crippen molar-refractivity contribution in [2.24, 2.45) is 0 Å². The van der Waals surface area contributed by atoms with Gasteiger partial charge in [-0.15, -0.1) is 0 Å². The summed E-state index contributed by atoms with van der Waals surface area (Å²) >= 11 is 12.5. The summed E-state index contributed by atoms with van der Waals surface area (Å²) in [7, 11) is 0. The number of hydrogen-bond donors (Lipinski definition) is 1. The van der Waals surface area contributed by atoms with Gasteiger partial charge in [0.15, 0.2) is 0 Å². The molecule has 0 saturated carbocycles. The monoisotopic (exact) mass is 324 g/mol. The molecule has 0 heterocycles. The molecule has 21 heavy (non-hydrogen) atoms. The first-order valence-corrected chi connectivity index (χ1v) is 7.71. The van der Waals surface area contributed by atoms with Crippen LogP contribution in [0.2, 0.25) is 10.0 Å². The Morgan fingerprint density at radius 3 is 2.48 bits per heavy atom. The van der Waals surface area contributed by atoms with Gasteiger partial charge in [-0.25, -0.2) is 0 Å². The fourth-order valence-electron chi connectivity index (χ4n) is 2.12. The van der Waals surface area contributed by atoms with E-state index >= 15 is 0 Å². The van der Waals surface area contributed by atoms with Crippen LogP contribution in [0, 0.1) is 0 Å². The molecule has 4 heteroatoms. The maximum atomic E-state index is 10.2. The van der Waals surface area contributed by atoms with E-state index in [-0.39, 0.29) is 0 Å². The second kappa shape index (κ2) is 7.69. The zero-order valence-electron chi connectivity index (χ0n) is 11.9. The lowest BCUT2D eigenvalue weighted by atomic mass is 10.0. The van der Waals surface area contributed by atoms with Gasteiger partial charge in [0.25, 0.3) is 0 Å². The van der Waals surface area contributed by atoms with Crippen LogP contribution < -0.4 is 4.74 Å². The summed E-state index contributed by atoms with van der Waals surface area (Å²) in [6.07, 6.45) is 0.792. The Morgan fingerprint density at radius 2 is 1.81 bits per heavy atom. The summed E-state index contributed by atoms with van der Waals surface area (Å²) < 4.78 is 5.75. The highest BCUT2D eigenvalue weighted by Gasteiger charge is 2.18. The Hall–Kier alpha value is -1.22. The van der Waals surface area contributed by atoms with Gasteiger partial charge in [-0.1, -0.05) is 66.9 Å². The molecule has 1 atom stereocenters. The van der Waals surface area contributed by atoms with Crippen LogP contribution in [-0.2, 0) is 6.61 Å². The van der Waals surface area contributed by atoms with E-state index in [0.29, 0.717) is 34.4 Å². The van der Waals surface area contributed by atoms with Crippen LogP contribution in [-0.4, -0.2) is 5.11 Å². The van der Waals surface area contributed by atoms with E-state index in [1.807, 2.05) is 37.3 Å². The first kappa shape index (κ1) is 16.2. The molecule has 2 aromatic rings. The van der Waals surface area contributed by atoms with Crippen LogP contribution in [0.1, 0.15) is 37.0 Å². The van der Waals surface area contributed by atoms with E-state index in [2.05, 4.69) is 0 Å². The molecule has 0 radical (unpaired) electrons. The van der Waals surface area contributed by atoms with E-state index < -0.39 is 6.10 Å².